The third-order valence-corrected chi connectivity index (χ3v) is 18.6. The molecular formula is C54H70N2O2S4. The standard InChI is InChI=1S/C54H70N2O2S4/c1-7-11-15-17-21-37(19-13-9-3)33-55-49(44-28-23-35(5)59-44)47-48(54(55)58)50(56(53(47)57)34-38(20-14-10-4)22-18-16-12-8-2)45-30-29-43(61-45)46-32-40-25-27-42(52(40)62-46)41-26-24-39-31-36(6)60-51(39)41/h23,28-32,37-38H,7-22,24-27,33-34H2,1-6H3/b42-41+. The molecule has 6 heterocycles. The zero-order valence-electron chi connectivity index (χ0n) is 38.5. The summed E-state index contributed by atoms with van der Waals surface area (Å²) in [4.78, 5) is 45.3. The molecule has 0 fully saturated rings. The number of fused-ring (bicyclic) bond motifs is 3. The lowest BCUT2D eigenvalue weighted by Crippen LogP contribution is -2.34. The van der Waals surface area contributed by atoms with Crippen molar-refractivity contribution >= 4 is 79.7 Å². The fourth-order valence-corrected chi connectivity index (χ4v) is 15.2. The van der Waals surface area contributed by atoms with Crippen LogP contribution in [-0.4, -0.2) is 34.7 Å². The molecule has 8 rings (SSSR count). The van der Waals surface area contributed by atoms with Gasteiger partial charge in [-0.05, 0) is 136 Å². The van der Waals surface area contributed by atoms with E-state index in [4.69, 9.17) is 0 Å². The van der Waals surface area contributed by atoms with Crippen molar-refractivity contribution in [2.75, 3.05) is 13.1 Å². The van der Waals surface area contributed by atoms with Gasteiger partial charge in [0.25, 0.3) is 11.8 Å². The Morgan fingerprint density at radius 1 is 0.484 bits per heavy atom. The number of hydrogen-bond acceptors (Lipinski definition) is 6. The Kier molecular flexibility index (Phi) is 15.3. The molecule has 8 heteroatoms. The Hall–Kier alpha value is -3.04. The molecule has 2 aliphatic carbocycles. The summed E-state index contributed by atoms with van der Waals surface area (Å²) >= 11 is 7.45. The molecule has 0 saturated heterocycles. The van der Waals surface area contributed by atoms with Crippen LogP contribution in [0.25, 0.3) is 32.3 Å². The number of amides is 2. The van der Waals surface area contributed by atoms with Gasteiger partial charge in [0.1, 0.15) is 0 Å². The quantitative estimate of drug-likeness (QED) is 0.0696. The number of thiophene rings is 4. The van der Waals surface area contributed by atoms with Crippen LogP contribution in [0.3, 0.4) is 0 Å². The summed E-state index contributed by atoms with van der Waals surface area (Å²) in [6, 6.07) is 13.7. The van der Waals surface area contributed by atoms with Crippen LogP contribution in [0, 0.1) is 25.7 Å². The smallest absolute Gasteiger partial charge is 0.261 e. The SMILES string of the molecule is CCCCCCC(CCCC)CN1C(=O)C2=C(c3ccc(-c4cc5c(s4)/C(=C4\CCc6cc(C)sc64)CC5)s3)N(CC(CCCC)CCCCCC)C(=O)C2=C1c1ccc(C)s1. The van der Waals surface area contributed by atoms with E-state index in [1.165, 1.54) is 99.0 Å². The Balaban J connectivity index is 1.19. The summed E-state index contributed by atoms with van der Waals surface area (Å²) in [5, 5.41) is 0. The number of carbonyl (C=O) groups is 2. The lowest BCUT2D eigenvalue weighted by atomic mass is 9.94. The first-order valence-electron chi connectivity index (χ1n) is 24.5. The van der Waals surface area contributed by atoms with E-state index in [9.17, 15) is 0 Å². The topological polar surface area (TPSA) is 40.6 Å². The summed E-state index contributed by atoms with van der Waals surface area (Å²) in [6.07, 6.45) is 23.5. The van der Waals surface area contributed by atoms with Gasteiger partial charge >= 0.3 is 0 Å². The fraction of sp³-hybridized carbons (Fsp3) is 0.556. The van der Waals surface area contributed by atoms with Crippen molar-refractivity contribution < 1.29 is 9.59 Å². The number of unbranched alkanes of at least 4 members (excludes halogenated alkanes) is 8. The Morgan fingerprint density at radius 3 is 1.50 bits per heavy atom. The lowest BCUT2D eigenvalue weighted by molar-refractivity contribution is -0.124. The molecule has 0 aromatic carbocycles. The van der Waals surface area contributed by atoms with Crippen LogP contribution in [0.1, 0.15) is 184 Å². The first kappa shape index (κ1) is 45.5. The lowest BCUT2D eigenvalue weighted by Gasteiger charge is -2.29. The highest BCUT2D eigenvalue weighted by Crippen LogP contribution is 2.53. The van der Waals surface area contributed by atoms with Crippen LogP contribution in [-0.2, 0) is 22.4 Å². The van der Waals surface area contributed by atoms with Gasteiger partial charge in [-0.1, -0.05) is 105 Å². The highest BCUT2D eigenvalue weighted by molar-refractivity contribution is 7.23. The minimum Gasteiger partial charge on any atom is -0.306 e. The van der Waals surface area contributed by atoms with Gasteiger partial charge in [0.2, 0.25) is 0 Å². The Morgan fingerprint density at radius 2 is 0.968 bits per heavy atom. The molecule has 0 N–H and O–H groups in total. The molecule has 2 amide bonds. The Bertz CT molecular complexity index is 2320. The summed E-state index contributed by atoms with van der Waals surface area (Å²) < 4.78 is 0. The van der Waals surface area contributed by atoms with Gasteiger partial charge in [0.15, 0.2) is 0 Å². The molecule has 4 nitrogen and oxygen atoms in total. The van der Waals surface area contributed by atoms with Gasteiger partial charge in [0.05, 0.1) is 32.3 Å². The van der Waals surface area contributed by atoms with Crippen molar-refractivity contribution in [2.24, 2.45) is 11.8 Å². The van der Waals surface area contributed by atoms with Crippen LogP contribution < -0.4 is 0 Å². The number of hydrogen-bond donors (Lipinski definition) is 0. The minimum absolute atomic E-state index is 0.0380. The average molecular weight is 907 g/mol. The third-order valence-electron chi connectivity index (χ3n) is 13.9. The Labute approximate surface area is 389 Å². The molecule has 4 aliphatic rings. The minimum atomic E-state index is 0.0380. The molecular weight excluding hydrogens is 837 g/mol. The van der Waals surface area contributed by atoms with Gasteiger partial charge in [-0.15, -0.1) is 45.3 Å². The molecule has 62 heavy (non-hydrogen) atoms. The van der Waals surface area contributed by atoms with Crippen molar-refractivity contribution in [3.8, 4) is 9.75 Å². The van der Waals surface area contributed by atoms with Crippen molar-refractivity contribution in [3.63, 3.8) is 0 Å². The number of nitrogens with zero attached hydrogens (tertiary/aromatic N) is 2. The van der Waals surface area contributed by atoms with E-state index in [0.29, 0.717) is 36.1 Å². The van der Waals surface area contributed by atoms with E-state index in [-0.39, 0.29) is 11.8 Å². The van der Waals surface area contributed by atoms with E-state index < -0.39 is 0 Å². The predicted molar refractivity (Wildman–Crippen MR) is 270 cm³/mol. The normalized spacial score (nSPS) is 18.3. The van der Waals surface area contributed by atoms with Crippen LogP contribution in [0.2, 0.25) is 0 Å². The number of carbonyl (C=O) groups excluding carboxylic acids is 2. The monoisotopic (exact) mass is 906 g/mol. The second kappa shape index (κ2) is 20.9. The second-order valence-electron chi connectivity index (χ2n) is 18.7. The first-order valence-corrected chi connectivity index (χ1v) is 27.8. The third kappa shape index (κ3) is 9.51. The van der Waals surface area contributed by atoms with Gasteiger partial charge in [0, 0.05) is 42.4 Å². The second-order valence-corrected chi connectivity index (χ2v) is 23.4. The van der Waals surface area contributed by atoms with Crippen molar-refractivity contribution in [1.29, 1.82) is 0 Å². The molecule has 0 radical (unpaired) electrons. The van der Waals surface area contributed by atoms with E-state index in [0.717, 1.165) is 85.4 Å². The molecule has 2 aliphatic heterocycles. The largest absolute Gasteiger partial charge is 0.306 e. The van der Waals surface area contributed by atoms with Crippen LogP contribution >= 0.6 is 45.3 Å². The molecule has 0 spiro atoms. The summed E-state index contributed by atoms with van der Waals surface area (Å²) in [5.41, 5.74) is 9.27. The van der Waals surface area contributed by atoms with Crippen molar-refractivity contribution in [2.45, 2.75) is 170 Å². The number of allylic oxidation sites excluding steroid dienone is 2. The van der Waals surface area contributed by atoms with E-state index in [2.05, 4.69) is 87.7 Å². The highest BCUT2D eigenvalue weighted by atomic mass is 32.1. The van der Waals surface area contributed by atoms with Crippen LogP contribution in [0.4, 0.5) is 0 Å². The maximum atomic E-state index is 15.4. The highest BCUT2D eigenvalue weighted by Gasteiger charge is 2.50. The molecule has 4 aromatic heterocycles. The molecule has 0 bridgehead atoms. The van der Waals surface area contributed by atoms with Gasteiger partial charge < -0.3 is 9.80 Å². The van der Waals surface area contributed by atoms with Crippen molar-refractivity contribution in [3.05, 3.63) is 87.9 Å². The fourth-order valence-electron chi connectivity index (χ4n) is 10.6. The van der Waals surface area contributed by atoms with Gasteiger partial charge in [-0.2, -0.15) is 0 Å². The van der Waals surface area contributed by atoms with Gasteiger partial charge in [-0.25, -0.2) is 0 Å². The number of aryl methyl sites for hydroxylation is 4. The zero-order chi connectivity index (χ0) is 43.3. The molecule has 4 aromatic rings. The van der Waals surface area contributed by atoms with Crippen LogP contribution in [0.5, 0.6) is 0 Å². The van der Waals surface area contributed by atoms with Crippen molar-refractivity contribution in [1.82, 2.24) is 9.80 Å². The van der Waals surface area contributed by atoms with Crippen LogP contribution in [0.15, 0.2) is 47.5 Å². The maximum Gasteiger partial charge on any atom is 0.261 e. The molecule has 332 valence electrons. The number of rotatable bonds is 23. The van der Waals surface area contributed by atoms with E-state index >= 15 is 9.59 Å². The predicted octanol–water partition coefficient (Wildman–Crippen LogP) is 16.4. The van der Waals surface area contributed by atoms with E-state index in [1.54, 1.807) is 39.4 Å². The molecule has 2 atom stereocenters. The molecule has 0 saturated carbocycles. The maximum absolute atomic E-state index is 15.4. The average Bonchev–Trinajstić information content (AvgIpc) is 4.13. The summed E-state index contributed by atoms with van der Waals surface area (Å²) in [7, 11) is 0. The molecule has 2 unspecified atom stereocenters. The zero-order valence-corrected chi connectivity index (χ0v) is 41.8. The summed E-state index contributed by atoms with van der Waals surface area (Å²) in [6.45, 7) is 14.8. The summed E-state index contributed by atoms with van der Waals surface area (Å²) in [5.74, 6) is 0.893. The van der Waals surface area contributed by atoms with E-state index in [1.807, 2.05) is 22.7 Å². The first-order chi connectivity index (χ1) is 30.2. The van der Waals surface area contributed by atoms with Gasteiger partial charge in [-0.3, -0.25) is 9.59 Å².